The first-order valence-electron chi connectivity index (χ1n) is 10.1. The number of morpholine rings is 1. The fourth-order valence-corrected chi connectivity index (χ4v) is 3.96. The fraction of sp³-hybridized carbons (Fsp3) is 0.450. The Balaban J connectivity index is 1.65. The molecule has 0 atom stereocenters. The molecule has 11 heteroatoms. The van der Waals surface area contributed by atoms with Gasteiger partial charge >= 0.3 is 12.1 Å². The summed E-state index contributed by atoms with van der Waals surface area (Å²) in [5, 5.41) is 0. The predicted octanol–water partition coefficient (Wildman–Crippen LogP) is 1.16. The number of aromatic nitrogens is 5. The molecule has 11 nitrogen and oxygen atoms in total. The predicted molar refractivity (Wildman–Crippen MR) is 110 cm³/mol. The summed E-state index contributed by atoms with van der Waals surface area (Å²) in [4.78, 5) is 34.2. The minimum Gasteiger partial charge on any atom is -0.467 e. The number of fused-ring (bicyclic) bond motifs is 3. The molecule has 2 aliphatic rings. The van der Waals surface area contributed by atoms with Gasteiger partial charge in [-0.25, -0.2) is 24.7 Å². The normalized spacial score (nSPS) is 16.3. The van der Waals surface area contributed by atoms with Gasteiger partial charge in [0.1, 0.15) is 0 Å². The molecule has 0 aliphatic carbocycles. The van der Waals surface area contributed by atoms with Gasteiger partial charge in [-0.15, -0.1) is 0 Å². The van der Waals surface area contributed by atoms with E-state index in [4.69, 9.17) is 24.2 Å². The van der Waals surface area contributed by atoms with Gasteiger partial charge in [-0.1, -0.05) is 0 Å². The van der Waals surface area contributed by atoms with Crippen molar-refractivity contribution in [3.05, 3.63) is 30.0 Å². The van der Waals surface area contributed by atoms with Crippen LogP contribution >= 0.6 is 0 Å². The van der Waals surface area contributed by atoms with Crippen molar-refractivity contribution in [2.45, 2.75) is 13.0 Å². The molecule has 0 bridgehead atoms. The molecule has 2 aliphatic heterocycles. The molecule has 1 amide bonds. The van der Waals surface area contributed by atoms with Crippen molar-refractivity contribution in [3.8, 4) is 17.3 Å². The highest BCUT2D eigenvalue weighted by Gasteiger charge is 2.28. The van der Waals surface area contributed by atoms with E-state index in [1.54, 1.807) is 17.3 Å². The number of carbonyl (C=O) groups is 1. The maximum atomic E-state index is 12.1. The van der Waals surface area contributed by atoms with Crippen LogP contribution in [0.1, 0.15) is 11.4 Å². The van der Waals surface area contributed by atoms with E-state index in [1.807, 2.05) is 10.6 Å². The van der Waals surface area contributed by atoms with Gasteiger partial charge in [-0.05, 0) is 0 Å². The van der Waals surface area contributed by atoms with Crippen molar-refractivity contribution in [1.82, 2.24) is 29.2 Å². The van der Waals surface area contributed by atoms with Crippen LogP contribution in [0.4, 0.5) is 10.6 Å². The van der Waals surface area contributed by atoms with E-state index in [0.29, 0.717) is 44.4 Å². The lowest BCUT2D eigenvalue weighted by Gasteiger charge is -2.28. The molecular weight excluding hydrogens is 402 g/mol. The second-order valence-corrected chi connectivity index (χ2v) is 7.35. The molecular formula is C20H23N7O4. The van der Waals surface area contributed by atoms with Crippen LogP contribution in [0.5, 0.6) is 6.01 Å². The zero-order valence-electron chi connectivity index (χ0n) is 17.4. The van der Waals surface area contributed by atoms with E-state index in [-0.39, 0.29) is 6.09 Å². The summed E-state index contributed by atoms with van der Waals surface area (Å²) in [6.07, 6.45) is 5.62. The minimum absolute atomic E-state index is 0.298. The van der Waals surface area contributed by atoms with Gasteiger partial charge in [0.25, 0.3) is 0 Å². The van der Waals surface area contributed by atoms with E-state index in [2.05, 4.69) is 14.9 Å². The minimum atomic E-state index is -0.341. The Morgan fingerprint density at radius 2 is 1.87 bits per heavy atom. The first-order valence-corrected chi connectivity index (χ1v) is 10.1. The number of hydrogen-bond donors (Lipinski definition) is 0. The van der Waals surface area contributed by atoms with Crippen molar-refractivity contribution in [2.24, 2.45) is 0 Å². The number of anilines is 1. The first-order chi connectivity index (χ1) is 15.2. The highest BCUT2D eigenvalue weighted by molar-refractivity contribution is 5.72. The second-order valence-electron chi connectivity index (χ2n) is 7.35. The lowest BCUT2D eigenvalue weighted by Crippen LogP contribution is -2.37. The van der Waals surface area contributed by atoms with Gasteiger partial charge in [-0.2, -0.15) is 0 Å². The number of nitrogens with zero attached hydrogens (tertiary/aromatic N) is 7. The van der Waals surface area contributed by atoms with E-state index >= 15 is 0 Å². The molecule has 5 rings (SSSR count). The highest BCUT2D eigenvalue weighted by Crippen LogP contribution is 2.30. The number of rotatable bonds is 3. The molecule has 5 heterocycles. The molecule has 3 aromatic heterocycles. The molecule has 3 aromatic rings. The molecule has 0 unspecified atom stereocenters. The monoisotopic (exact) mass is 425 g/mol. The Kier molecular flexibility index (Phi) is 5.02. The summed E-state index contributed by atoms with van der Waals surface area (Å²) < 4.78 is 17.5. The summed E-state index contributed by atoms with van der Waals surface area (Å²) in [5.74, 6) is 0.788. The third-order valence-electron chi connectivity index (χ3n) is 5.58. The smallest absolute Gasteiger partial charge is 0.409 e. The Labute approximate surface area is 178 Å². The van der Waals surface area contributed by atoms with Gasteiger partial charge in [0, 0.05) is 50.2 Å². The summed E-state index contributed by atoms with van der Waals surface area (Å²) in [6, 6.07) is 0.298. The lowest BCUT2D eigenvalue weighted by molar-refractivity contribution is 0.117. The van der Waals surface area contributed by atoms with Crippen LogP contribution in [0.3, 0.4) is 0 Å². The summed E-state index contributed by atoms with van der Waals surface area (Å²) >= 11 is 0. The first kappa shape index (κ1) is 19.5. The van der Waals surface area contributed by atoms with Crippen LogP contribution in [0.25, 0.3) is 16.9 Å². The summed E-state index contributed by atoms with van der Waals surface area (Å²) in [6.45, 7) is 3.74. The molecule has 0 radical (unpaired) electrons. The van der Waals surface area contributed by atoms with Crippen LogP contribution in [0.15, 0.2) is 18.6 Å². The largest absolute Gasteiger partial charge is 0.467 e. The summed E-state index contributed by atoms with van der Waals surface area (Å²) in [5.41, 5.74) is 4.18. The van der Waals surface area contributed by atoms with Crippen LogP contribution < -0.4 is 9.64 Å². The number of amides is 1. The number of carbonyl (C=O) groups excluding carboxylic acids is 1. The quantitative estimate of drug-likeness (QED) is 0.611. The van der Waals surface area contributed by atoms with Crippen molar-refractivity contribution < 1.29 is 19.0 Å². The van der Waals surface area contributed by atoms with E-state index < -0.39 is 0 Å². The maximum absolute atomic E-state index is 12.1. The van der Waals surface area contributed by atoms with E-state index in [1.165, 1.54) is 14.2 Å². The number of methoxy groups -OCH3 is 2. The van der Waals surface area contributed by atoms with Gasteiger partial charge in [0.2, 0.25) is 0 Å². The van der Waals surface area contributed by atoms with Crippen molar-refractivity contribution >= 4 is 17.6 Å². The average Bonchev–Trinajstić information content (AvgIpc) is 3.21. The average molecular weight is 425 g/mol. The Morgan fingerprint density at radius 1 is 1.10 bits per heavy atom. The van der Waals surface area contributed by atoms with Crippen LogP contribution in [-0.2, 0) is 22.4 Å². The van der Waals surface area contributed by atoms with Gasteiger partial charge in [-0.3, -0.25) is 4.40 Å². The lowest BCUT2D eigenvalue weighted by atomic mass is 10.1. The zero-order chi connectivity index (χ0) is 21.4. The third kappa shape index (κ3) is 3.50. The van der Waals surface area contributed by atoms with Gasteiger partial charge < -0.3 is 24.0 Å². The van der Waals surface area contributed by atoms with Gasteiger partial charge in [0.05, 0.1) is 51.1 Å². The van der Waals surface area contributed by atoms with E-state index in [9.17, 15) is 4.79 Å². The standard InChI is InChI=1S/C20H23N7O4/c1-29-19-21-9-13(10-22-19)15-11-27-16-12-26(20(28)30-2)4-3-14(16)23-18(27)17(24-15)25-5-7-31-8-6-25/h9-11H,3-8,12H2,1-2H3. The molecule has 0 N–H and O–H groups in total. The van der Waals surface area contributed by atoms with Gasteiger partial charge in [0.15, 0.2) is 11.5 Å². The van der Waals surface area contributed by atoms with Crippen molar-refractivity contribution in [3.63, 3.8) is 0 Å². The third-order valence-corrected chi connectivity index (χ3v) is 5.58. The number of imidazole rings is 1. The highest BCUT2D eigenvalue weighted by atomic mass is 16.5. The Hall–Kier alpha value is -3.47. The summed E-state index contributed by atoms with van der Waals surface area (Å²) in [7, 11) is 2.93. The van der Waals surface area contributed by atoms with Crippen LogP contribution in [0.2, 0.25) is 0 Å². The Bertz CT molecular complexity index is 1110. The van der Waals surface area contributed by atoms with Crippen LogP contribution in [0, 0.1) is 0 Å². The zero-order valence-corrected chi connectivity index (χ0v) is 17.4. The van der Waals surface area contributed by atoms with Crippen molar-refractivity contribution in [2.75, 3.05) is 52.0 Å². The Morgan fingerprint density at radius 3 is 2.58 bits per heavy atom. The molecule has 0 aromatic carbocycles. The molecule has 162 valence electrons. The van der Waals surface area contributed by atoms with Crippen molar-refractivity contribution in [1.29, 1.82) is 0 Å². The topological polar surface area (TPSA) is 107 Å². The molecule has 0 spiro atoms. The SMILES string of the molecule is COC(=O)N1CCc2nc3c(N4CCOCC4)nc(-c4cnc(OC)nc4)cn3c2C1. The molecule has 31 heavy (non-hydrogen) atoms. The van der Waals surface area contributed by atoms with E-state index in [0.717, 1.165) is 41.5 Å². The fourth-order valence-electron chi connectivity index (χ4n) is 3.96. The molecule has 0 saturated carbocycles. The number of ether oxygens (including phenoxy) is 3. The maximum Gasteiger partial charge on any atom is 0.409 e. The van der Waals surface area contributed by atoms with Crippen LogP contribution in [-0.4, -0.2) is 82.4 Å². The second kappa shape index (κ2) is 7.99. The molecule has 1 saturated heterocycles. The number of hydrogen-bond acceptors (Lipinski definition) is 9. The molecule has 1 fully saturated rings.